The lowest BCUT2D eigenvalue weighted by Crippen LogP contribution is -2.45. The number of fused-ring (bicyclic) bond motifs is 1. The number of rotatable bonds is 4. The number of carbonyl (C=O) groups is 1. The maximum atomic E-state index is 12.5. The Balaban J connectivity index is 1.86. The first-order valence-electron chi connectivity index (χ1n) is 9.49. The van der Waals surface area contributed by atoms with Gasteiger partial charge in [0, 0.05) is 18.8 Å². The van der Waals surface area contributed by atoms with Crippen molar-refractivity contribution in [2.45, 2.75) is 71.0 Å². The van der Waals surface area contributed by atoms with Gasteiger partial charge in [-0.05, 0) is 31.9 Å². The molecule has 1 saturated carbocycles. The molecule has 7 nitrogen and oxygen atoms in total. The molecule has 1 amide bonds. The van der Waals surface area contributed by atoms with Gasteiger partial charge in [-0.1, -0.05) is 32.1 Å². The van der Waals surface area contributed by atoms with E-state index in [1.54, 1.807) is 25.3 Å². The highest BCUT2D eigenvalue weighted by Crippen LogP contribution is 2.17. The minimum absolute atomic E-state index is 0.152. The molecule has 1 N–H and O–H groups in total. The highest BCUT2D eigenvalue weighted by atomic mass is 16.2. The number of aryl methyl sites for hydroxylation is 1. The van der Waals surface area contributed by atoms with Gasteiger partial charge in [0.25, 0.3) is 0 Å². The molecule has 2 heterocycles. The third-order valence-electron chi connectivity index (χ3n) is 5.07. The third kappa shape index (κ3) is 3.86. The number of pyridine rings is 1. The monoisotopic (exact) mass is 358 g/mol. The molecule has 2 aromatic heterocycles. The van der Waals surface area contributed by atoms with E-state index in [1.165, 1.54) is 28.4 Å². The number of nitrogens with zero attached hydrogens (tertiary/aromatic N) is 3. The van der Waals surface area contributed by atoms with Crippen LogP contribution >= 0.6 is 0 Å². The van der Waals surface area contributed by atoms with E-state index in [4.69, 9.17) is 0 Å². The van der Waals surface area contributed by atoms with Crippen LogP contribution in [0.15, 0.2) is 27.9 Å². The Hall–Kier alpha value is -2.44. The Morgan fingerprint density at radius 1 is 1.12 bits per heavy atom. The van der Waals surface area contributed by atoms with Crippen LogP contribution in [-0.4, -0.2) is 26.1 Å². The molecule has 0 spiro atoms. The lowest BCUT2D eigenvalue weighted by Gasteiger charge is -2.21. The highest BCUT2D eigenvalue weighted by Gasteiger charge is 2.18. The number of nitrogens with one attached hydrogen (secondary N) is 1. The Morgan fingerprint density at radius 3 is 2.46 bits per heavy atom. The van der Waals surface area contributed by atoms with Crippen molar-refractivity contribution in [1.82, 2.24) is 19.4 Å². The van der Waals surface area contributed by atoms with Crippen LogP contribution in [0.4, 0.5) is 0 Å². The van der Waals surface area contributed by atoms with Crippen LogP contribution in [0.25, 0.3) is 11.2 Å². The van der Waals surface area contributed by atoms with Gasteiger partial charge >= 0.3 is 11.1 Å². The van der Waals surface area contributed by atoms with Crippen molar-refractivity contribution in [3.63, 3.8) is 0 Å². The van der Waals surface area contributed by atoms with Crippen molar-refractivity contribution in [2.75, 3.05) is 0 Å². The van der Waals surface area contributed by atoms with Crippen LogP contribution < -0.4 is 16.4 Å². The molecule has 0 radical (unpaired) electrons. The second-order valence-corrected chi connectivity index (χ2v) is 6.90. The maximum Gasteiger partial charge on any atom is 0.318 e. The summed E-state index contributed by atoms with van der Waals surface area (Å²) in [6, 6.07) is 3.58. The maximum absolute atomic E-state index is 12.5. The molecule has 0 aliphatic heterocycles. The molecule has 1 fully saturated rings. The van der Waals surface area contributed by atoms with Gasteiger partial charge in [0.15, 0.2) is 5.65 Å². The summed E-state index contributed by atoms with van der Waals surface area (Å²) >= 11 is 0. The molecule has 1 aliphatic carbocycles. The Labute approximate surface area is 152 Å². The van der Waals surface area contributed by atoms with Crippen LogP contribution in [0, 0.1) is 0 Å². The van der Waals surface area contributed by atoms with Gasteiger partial charge in [-0.15, -0.1) is 0 Å². The van der Waals surface area contributed by atoms with E-state index in [0.29, 0.717) is 17.7 Å². The Kier molecular flexibility index (Phi) is 5.85. The number of hydrogen-bond donors (Lipinski definition) is 1. The highest BCUT2D eigenvalue weighted by molar-refractivity contribution is 5.79. The van der Waals surface area contributed by atoms with Crippen molar-refractivity contribution in [3.05, 3.63) is 39.0 Å². The second-order valence-electron chi connectivity index (χ2n) is 6.90. The number of carbonyl (C=O) groups excluding carboxylic acids is 1. The van der Waals surface area contributed by atoms with Crippen LogP contribution in [-0.2, 0) is 17.9 Å². The van der Waals surface area contributed by atoms with E-state index in [2.05, 4.69) is 10.3 Å². The van der Waals surface area contributed by atoms with E-state index in [-0.39, 0.29) is 18.5 Å². The summed E-state index contributed by atoms with van der Waals surface area (Å²) in [7, 11) is 0. The van der Waals surface area contributed by atoms with Crippen molar-refractivity contribution < 1.29 is 4.79 Å². The number of hydrogen-bond acceptors (Lipinski definition) is 4. The number of aromatic nitrogens is 3. The van der Waals surface area contributed by atoms with E-state index < -0.39 is 11.1 Å². The van der Waals surface area contributed by atoms with E-state index in [9.17, 15) is 14.4 Å². The Bertz CT molecular complexity index is 892. The predicted octanol–water partition coefficient (Wildman–Crippen LogP) is 1.81. The van der Waals surface area contributed by atoms with Crippen molar-refractivity contribution in [2.24, 2.45) is 0 Å². The van der Waals surface area contributed by atoms with Crippen molar-refractivity contribution in [3.8, 4) is 0 Å². The molecule has 0 bridgehead atoms. The molecule has 7 heteroatoms. The van der Waals surface area contributed by atoms with Crippen molar-refractivity contribution in [1.29, 1.82) is 0 Å². The minimum atomic E-state index is -0.680. The SMILES string of the molecule is CCn1c(=O)c(=O)n(CC(=O)NC2CCCCCCC2)c2cccnc21. The average Bonchev–Trinajstić information content (AvgIpc) is 2.61. The molecule has 0 aromatic carbocycles. The molecular weight excluding hydrogens is 332 g/mol. The van der Waals surface area contributed by atoms with Gasteiger partial charge in [-0.25, -0.2) is 4.98 Å². The van der Waals surface area contributed by atoms with Gasteiger partial charge in [-0.2, -0.15) is 0 Å². The summed E-state index contributed by atoms with van der Waals surface area (Å²) in [5.41, 5.74) is -0.386. The van der Waals surface area contributed by atoms with Crippen LogP contribution in [0.2, 0.25) is 0 Å². The molecule has 1 aliphatic rings. The van der Waals surface area contributed by atoms with Gasteiger partial charge < -0.3 is 5.32 Å². The summed E-state index contributed by atoms with van der Waals surface area (Å²) in [6.07, 6.45) is 9.43. The fraction of sp³-hybridized carbons (Fsp3) is 0.579. The first kappa shape index (κ1) is 18.4. The molecule has 0 atom stereocenters. The van der Waals surface area contributed by atoms with E-state index in [0.717, 1.165) is 25.7 Å². The quantitative estimate of drug-likeness (QED) is 0.845. The largest absolute Gasteiger partial charge is 0.352 e. The van der Waals surface area contributed by atoms with Gasteiger partial charge in [-0.3, -0.25) is 23.5 Å². The van der Waals surface area contributed by atoms with E-state index in [1.807, 2.05) is 0 Å². The fourth-order valence-corrected chi connectivity index (χ4v) is 3.71. The zero-order valence-corrected chi connectivity index (χ0v) is 15.2. The molecule has 26 heavy (non-hydrogen) atoms. The van der Waals surface area contributed by atoms with Crippen molar-refractivity contribution >= 4 is 17.1 Å². The lowest BCUT2D eigenvalue weighted by molar-refractivity contribution is -0.122. The predicted molar refractivity (Wildman–Crippen MR) is 100 cm³/mol. The summed E-state index contributed by atoms with van der Waals surface area (Å²) < 4.78 is 2.59. The van der Waals surface area contributed by atoms with E-state index >= 15 is 0 Å². The zero-order valence-electron chi connectivity index (χ0n) is 15.2. The van der Waals surface area contributed by atoms with Crippen LogP contribution in [0.3, 0.4) is 0 Å². The molecule has 0 unspecified atom stereocenters. The molecule has 0 saturated heterocycles. The summed E-state index contributed by atoms with van der Waals surface area (Å²) in [6.45, 7) is 1.99. The summed E-state index contributed by atoms with van der Waals surface area (Å²) in [5.74, 6) is -0.225. The first-order valence-corrected chi connectivity index (χ1v) is 9.49. The molecule has 2 aromatic rings. The minimum Gasteiger partial charge on any atom is -0.352 e. The van der Waals surface area contributed by atoms with Crippen LogP contribution in [0.5, 0.6) is 0 Å². The molecule has 3 rings (SSSR count). The fourth-order valence-electron chi connectivity index (χ4n) is 3.71. The van der Waals surface area contributed by atoms with Gasteiger partial charge in [0.05, 0.1) is 5.52 Å². The molecular formula is C19H26N4O3. The third-order valence-corrected chi connectivity index (χ3v) is 5.07. The van der Waals surface area contributed by atoms with Gasteiger partial charge in [0.2, 0.25) is 5.91 Å². The Morgan fingerprint density at radius 2 is 1.77 bits per heavy atom. The smallest absolute Gasteiger partial charge is 0.318 e. The zero-order chi connectivity index (χ0) is 18.5. The second kappa shape index (κ2) is 8.29. The summed E-state index contributed by atoms with van der Waals surface area (Å²) in [5, 5.41) is 3.05. The number of amides is 1. The van der Waals surface area contributed by atoms with Gasteiger partial charge in [0.1, 0.15) is 6.54 Å². The first-order chi connectivity index (χ1) is 12.6. The standard InChI is InChI=1S/C19H26N4O3/c1-2-22-17-15(11-8-12-20-17)23(19(26)18(22)25)13-16(24)21-14-9-6-4-3-5-7-10-14/h8,11-12,14H,2-7,9-10,13H2,1H3,(H,21,24). The normalized spacial score (nSPS) is 16.2. The summed E-state index contributed by atoms with van der Waals surface area (Å²) in [4.78, 5) is 41.6. The topological polar surface area (TPSA) is 86.0 Å². The lowest BCUT2D eigenvalue weighted by atomic mass is 9.97. The van der Waals surface area contributed by atoms with Crippen LogP contribution in [0.1, 0.15) is 51.9 Å². The average molecular weight is 358 g/mol. The molecule has 140 valence electrons.